The van der Waals surface area contributed by atoms with Crippen molar-refractivity contribution in [2.24, 2.45) is 0 Å². The monoisotopic (exact) mass is 223 g/mol. The highest BCUT2D eigenvalue weighted by atomic mass is 28.4. The Hall–Kier alpha value is -1.18. The zero-order chi connectivity index (χ0) is 11.5. The van der Waals surface area contributed by atoms with Gasteiger partial charge in [-0.1, -0.05) is 12.1 Å². The van der Waals surface area contributed by atoms with Crippen LogP contribution in [0.25, 0.3) is 0 Å². The molecule has 0 N–H and O–H groups in total. The van der Waals surface area contributed by atoms with Crippen molar-refractivity contribution in [2.45, 2.75) is 25.7 Å². The number of nitrogens with zero attached hydrogens (tertiary/aromatic N) is 1. The van der Waals surface area contributed by atoms with Crippen molar-refractivity contribution in [3.8, 4) is 6.07 Å². The van der Waals surface area contributed by atoms with E-state index in [0.29, 0.717) is 5.56 Å². The first-order chi connectivity index (χ1) is 6.92. The molecule has 0 fully saturated rings. The van der Waals surface area contributed by atoms with Crippen molar-refractivity contribution < 1.29 is 8.82 Å². The summed E-state index contributed by atoms with van der Waals surface area (Å²) >= 11 is 0. The van der Waals surface area contributed by atoms with E-state index in [9.17, 15) is 4.39 Å². The predicted octanol–water partition coefficient (Wildman–Crippen LogP) is 3.24. The quantitative estimate of drug-likeness (QED) is 0.737. The number of benzene rings is 1. The Balaban J connectivity index is 2.85. The molecule has 0 aromatic heterocycles. The maximum Gasteiger partial charge on any atom is 0.186 e. The summed E-state index contributed by atoms with van der Waals surface area (Å²) in [7, 11) is -1.75. The Morgan fingerprint density at radius 1 is 1.27 bits per heavy atom. The molecule has 0 saturated heterocycles. The van der Waals surface area contributed by atoms with Gasteiger partial charge in [0, 0.05) is 0 Å². The molecule has 80 valence electrons. The second kappa shape index (κ2) is 4.56. The lowest BCUT2D eigenvalue weighted by atomic mass is 10.1. The van der Waals surface area contributed by atoms with Crippen LogP contribution in [-0.2, 0) is 4.43 Å². The molecule has 4 heteroatoms. The summed E-state index contributed by atoms with van der Waals surface area (Å²) in [4.78, 5) is 0. The Morgan fingerprint density at radius 3 is 2.20 bits per heavy atom. The second-order valence-corrected chi connectivity index (χ2v) is 8.75. The second-order valence-electron chi connectivity index (χ2n) is 4.29. The van der Waals surface area contributed by atoms with Crippen LogP contribution in [0.3, 0.4) is 0 Å². The zero-order valence-electron chi connectivity index (χ0n) is 9.12. The van der Waals surface area contributed by atoms with Crippen molar-refractivity contribution >= 4 is 8.32 Å². The normalized spacial score (nSPS) is 13.3. The van der Waals surface area contributed by atoms with Crippen LogP contribution in [0.1, 0.15) is 11.7 Å². The largest absolute Gasteiger partial charge is 0.399 e. The van der Waals surface area contributed by atoms with E-state index in [1.54, 1.807) is 12.1 Å². The van der Waals surface area contributed by atoms with Crippen molar-refractivity contribution in [1.82, 2.24) is 0 Å². The number of nitriles is 1. The van der Waals surface area contributed by atoms with Crippen molar-refractivity contribution in [3.05, 3.63) is 35.6 Å². The lowest BCUT2D eigenvalue weighted by molar-refractivity contribution is 0.255. The molecule has 0 heterocycles. The molecule has 1 aromatic carbocycles. The van der Waals surface area contributed by atoms with Crippen LogP contribution in [0.5, 0.6) is 0 Å². The number of rotatable bonds is 3. The first-order valence-corrected chi connectivity index (χ1v) is 8.16. The van der Waals surface area contributed by atoms with E-state index >= 15 is 0 Å². The van der Waals surface area contributed by atoms with Crippen LogP contribution in [-0.4, -0.2) is 8.32 Å². The van der Waals surface area contributed by atoms with Crippen LogP contribution in [0.15, 0.2) is 24.3 Å². The molecule has 1 atom stereocenters. The van der Waals surface area contributed by atoms with Gasteiger partial charge in [-0.2, -0.15) is 5.26 Å². The smallest absolute Gasteiger partial charge is 0.186 e. The van der Waals surface area contributed by atoms with Crippen molar-refractivity contribution in [3.63, 3.8) is 0 Å². The van der Waals surface area contributed by atoms with Gasteiger partial charge in [0.2, 0.25) is 0 Å². The molecule has 0 unspecified atom stereocenters. The van der Waals surface area contributed by atoms with E-state index in [0.717, 1.165) is 0 Å². The van der Waals surface area contributed by atoms with Crippen LogP contribution >= 0.6 is 0 Å². The van der Waals surface area contributed by atoms with Gasteiger partial charge in [-0.3, -0.25) is 0 Å². The Morgan fingerprint density at radius 2 is 1.80 bits per heavy atom. The van der Waals surface area contributed by atoms with E-state index in [4.69, 9.17) is 9.69 Å². The molecular weight excluding hydrogens is 209 g/mol. The first-order valence-electron chi connectivity index (χ1n) is 4.75. The topological polar surface area (TPSA) is 33.0 Å². The molecule has 0 spiro atoms. The summed E-state index contributed by atoms with van der Waals surface area (Å²) in [6.45, 7) is 6.04. The summed E-state index contributed by atoms with van der Waals surface area (Å²) in [5.74, 6) is -0.302. The summed E-state index contributed by atoms with van der Waals surface area (Å²) in [5, 5.41) is 8.97. The first kappa shape index (κ1) is 11.9. The van der Waals surface area contributed by atoms with E-state index in [-0.39, 0.29) is 5.82 Å². The molecule has 1 rings (SSSR count). The Labute approximate surface area is 90.4 Å². The van der Waals surface area contributed by atoms with Gasteiger partial charge in [-0.25, -0.2) is 4.39 Å². The molecule has 0 aliphatic heterocycles. The number of hydrogen-bond donors (Lipinski definition) is 0. The lowest BCUT2D eigenvalue weighted by Gasteiger charge is -2.21. The van der Waals surface area contributed by atoms with Gasteiger partial charge in [0.05, 0.1) is 6.07 Å². The minimum absolute atomic E-state index is 0.302. The molecule has 0 bridgehead atoms. The summed E-state index contributed by atoms with van der Waals surface area (Å²) < 4.78 is 18.3. The maximum absolute atomic E-state index is 12.7. The third kappa shape index (κ3) is 3.82. The van der Waals surface area contributed by atoms with Crippen LogP contribution in [0.4, 0.5) is 4.39 Å². The van der Waals surface area contributed by atoms with Crippen molar-refractivity contribution in [2.75, 3.05) is 0 Å². The van der Waals surface area contributed by atoms with E-state index in [1.165, 1.54) is 12.1 Å². The van der Waals surface area contributed by atoms with Crippen LogP contribution < -0.4 is 0 Å². The van der Waals surface area contributed by atoms with Crippen molar-refractivity contribution in [1.29, 1.82) is 5.26 Å². The molecular formula is C11H14FNOSi. The van der Waals surface area contributed by atoms with Gasteiger partial charge in [-0.05, 0) is 37.3 Å². The third-order valence-corrected chi connectivity index (χ3v) is 2.70. The molecule has 0 aliphatic rings. The highest BCUT2D eigenvalue weighted by Gasteiger charge is 2.21. The van der Waals surface area contributed by atoms with Gasteiger partial charge in [0.15, 0.2) is 14.4 Å². The highest BCUT2D eigenvalue weighted by molar-refractivity contribution is 6.69. The molecule has 0 aliphatic carbocycles. The van der Waals surface area contributed by atoms with Gasteiger partial charge >= 0.3 is 0 Å². The van der Waals surface area contributed by atoms with Crippen LogP contribution in [0, 0.1) is 17.1 Å². The number of hydrogen-bond acceptors (Lipinski definition) is 2. The van der Waals surface area contributed by atoms with Gasteiger partial charge in [0.1, 0.15) is 5.82 Å². The predicted molar refractivity (Wildman–Crippen MR) is 59.2 cm³/mol. The Kier molecular flexibility index (Phi) is 3.61. The molecule has 0 amide bonds. The molecule has 2 nitrogen and oxygen atoms in total. The molecule has 0 radical (unpaired) electrons. The maximum atomic E-state index is 12.7. The fourth-order valence-corrected chi connectivity index (χ4v) is 2.06. The van der Waals surface area contributed by atoms with Gasteiger partial charge in [0.25, 0.3) is 0 Å². The molecule has 15 heavy (non-hydrogen) atoms. The third-order valence-electron chi connectivity index (χ3n) is 1.76. The summed E-state index contributed by atoms with van der Waals surface area (Å²) in [6.07, 6.45) is -0.586. The van der Waals surface area contributed by atoms with Crippen LogP contribution in [0.2, 0.25) is 19.6 Å². The summed E-state index contributed by atoms with van der Waals surface area (Å²) in [5.41, 5.74) is 0.710. The number of halogens is 1. The van der Waals surface area contributed by atoms with E-state index in [2.05, 4.69) is 6.07 Å². The van der Waals surface area contributed by atoms with Gasteiger partial charge in [-0.15, -0.1) is 0 Å². The summed E-state index contributed by atoms with van der Waals surface area (Å²) in [6, 6.07) is 7.94. The SMILES string of the molecule is C[Si](C)(C)O[C@@H](C#N)c1ccc(F)cc1. The zero-order valence-corrected chi connectivity index (χ0v) is 10.1. The highest BCUT2D eigenvalue weighted by Crippen LogP contribution is 2.21. The minimum atomic E-state index is -1.75. The van der Waals surface area contributed by atoms with E-state index < -0.39 is 14.4 Å². The fourth-order valence-electron chi connectivity index (χ4n) is 1.16. The standard InChI is InChI=1S/C11H14FNOSi/c1-15(2,3)14-11(8-13)9-4-6-10(12)7-5-9/h4-7,11H,1-3H3/t11-/m0/s1. The molecule has 0 saturated carbocycles. The molecule has 1 aromatic rings. The fraction of sp³-hybridized carbons (Fsp3) is 0.364. The van der Waals surface area contributed by atoms with E-state index in [1.807, 2.05) is 19.6 Å². The van der Waals surface area contributed by atoms with Gasteiger partial charge < -0.3 is 4.43 Å². The lowest BCUT2D eigenvalue weighted by Crippen LogP contribution is -2.27. The average molecular weight is 223 g/mol. The average Bonchev–Trinajstić information content (AvgIpc) is 2.14. The Bertz CT molecular complexity index is 364. The minimum Gasteiger partial charge on any atom is -0.399 e.